The van der Waals surface area contributed by atoms with Crippen LogP contribution >= 0.6 is 15.9 Å². The number of esters is 2. The summed E-state index contributed by atoms with van der Waals surface area (Å²) in [6.45, 7) is 20.6. The second-order valence-corrected chi connectivity index (χ2v) is 18.6. The molecule has 0 amide bonds. The van der Waals surface area contributed by atoms with Gasteiger partial charge in [0.2, 0.25) is 0 Å². The quantitative estimate of drug-likeness (QED) is 0.132. The second-order valence-electron chi connectivity index (χ2n) is 17.7. The smallest absolute Gasteiger partial charge is 0.338 e. The highest BCUT2D eigenvalue weighted by Crippen LogP contribution is 2.47. The molecule has 0 radical (unpaired) electrons. The molecular formula is C51H57BrO7. The number of carbonyl (C=O) groups excluding carboxylic acids is 4. The number of aliphatic hydroxyl groups is 1. The Morgan fingerprint density at radius 3 is 1.39 bits per heavy atom. The maximum atomic E-state index is 12.8. The van der Waals surface area contributed by atoms with Crippen LogP contribution in [0.25, 0.3) is 24.3 Å². The molecule has 0 bridgehead atoms. The molecule has 8 heteroatoms. The number of ether oxygens (including phenoxy) is 2. The molecule has 0 aromatic heterocycles. The zero-order valence-corrected chi connectivity index (χ0v) is 37.6. The molecule has 7 nitrogen and oxygen atoms in total. The van der Waals surface area contributed by atoms with Crippen LogP contribution in [0.1, 0.15) is 153 Å². The molecule has 0 unspecified atom stereocenters. The van der Waals surface area contributed by atoms with Gasteiger partial charge < -0.3 is 14.6 Å². The molecule has 0 atom stereocenters. The van der Waals surface area contributed by atoms with Gasteiger partial charge in [0.15, 0.2) is 0 Å². The van der Waals surface area contributed by atoms with E-state index in [-0.39, 0.29) is 40.9 Å². The number of aliphatic hydroxyl groups excluding tert-OH is 1. The largest absolute Gasteiger partial charge is 0.462 e. The molecule has 4 aromatic carbocycles. The molecule has 310 valence electrons. The summed E-state index contributed by atoms with van der Waals surface area (Å²) < 4.78 is 11.0. The number of ketones is 2. The van der Waals surface area contributed by atoms with E-state index in [1.54, 1.807) is 38.1 Å². The van der Waals surface area contributed by atoms with Gasteiger partial charge in [-0.3, -0.25) is 9.59 Å². The molecule has 2 aliphatic rings. The van der Waals surface area contributed by atoms with Gasteiger partial charge in [0.1, 0.15) is 11.6 Å². The van der Waals surface area contributed by atoms with Crippen molar-refractivity contribution in [2.75, 3.05) is 13.2 Å². The summed E-state index contributed by atoms with van der Waals surface area (Å²) in [6, 6.07) is 22.9. The minimum atomic E-state index is -0.553. The number of fused-ring (bicyclic) bond motifs is 2. The molecule has 2 aliphatic carbocycles. The first-order valence-electron chi connectivity index (χ1n) is 20.3. The Labute approximate surface area is 358 Å². The van der Waals surface area contributed by atoms with Gasteiger partial charge in [0.05, 0.1) is 30.9 Å². The molecule has 0 aliphatic heterocycles. The predicted octanol–water partition coefficient (Wildman–Crippen LogP) is 11.4. The van der Waals surface area contributed by atoms with E-state index in [4.69, 9.17) is 9.47 Å². The molecule has 0 fully saturated rings. The average Bonchev–Trinajstić information content (AvgIpc) is 3.18. The van der Waals surface area contributed by atoms with Crippen molar-refractivity contribution in [1.29, 1.82) is 0 Å². The van der Waals surface area contributed by atoms with Crippen LogP contribution in [-0.2, 0) is 47.3 Å². The van der Waals surface area contributed by atoms with E-state index >= 15 is 0 Å². The number of benzene rings is 4. The molecule has 0 heterocycles. The Balaban J connectivity index is 0.000000224. The lowest BCUT2D eigenvalue weighted by Gasteiger charge is -2.41. The van der Waals surface area contributed by atoms with Crippen molar-refractivity contribution in [3.63, 3.8) is 0 Å². The van der Waals surface area contributed by atoms with Gasteiger partial charge >= 0.3 is 11.9 Å². The highest BCUT2D eigenvalue weighted by atomic mass is 79.9. The van der Waals surface area contributed by atoms with Gasteiger partial charge in [-0.1, -0.05) is 104 Å². The number of halogens is 1. The summed E-state index contributed by atoms with van der Waals surface area (Å²) in [5.41, 5.74) is 8.74. The van der Waals surface area contributed by atoms with Crippen molar-refractivity contribution in [3.05, 3.63) is 138 Å². The van der Waals surface area contributed by atoms with Crippen molar-refractivity contribution in [3.8, 4) is 0 Å². The minimum absolute atomic E-state index is 0.0702. The lowest BCUT2D eigenvalue weighted by Crippen LogP contribution is -2.42. The Hall–Kier alpha value is -4.92. The van der Waals surface area contributed by atoms with Crippen LogP contribution in [0.4, 0.5) is 0 Å². The molecule has 0 spiro atoms. The van der Waals surface area contributed by atoms with Gasteiger partial charge in [-0.05, 0) is 139 Å². The third-order valence-corrected chi connectivity index (χ3v) is 12.4. The Morgan fingerprint density at radius 2 is 0.983 bits per heavy atom. The van der Waals surface area contributed by atoms with E-state index in [9.17, 15) is 24.3 Å². The summed E-state index contributed by atoms with van der Waals surface area (Å²) in [7, 11) is 0. The van der Waals surface area contributed by atoms with Crippen LogP contribution in [0.3, 0.4) is 0 Å². The third-order valence-electron chi connectivity index (χ3n) is 11.7. The lowest BCUT2D eigenvalue weighted by atomic mass is 9.62. The van der Waals surface area contributed by atoms with Crippen LogP contribution < -0.4 is 0 Å². The zero-order chi connectivity index (χ0) is 43.5. The molecule has 1 N–H and O–H groups in total. The van der Waals surface area contributed by atoms with Crippen LogP contribution in [0.15, 0.2) is 77.3 Å². The summed E-state index contributed by atoms with van der Waals surface area (Å²) >= 11 is 3.70. The van der Waals surface area contributed by atoms with Crippen molar-refractivity contribution in [1.82, 2.24) is 0 Å². The molecule has 4 aromatic rings. The van der Waals surface area contributed by atoms with E-state index in [1.807, 2.05) is 88.4 Å². The van der Waals surface area contributed by atoms with Crippen LogP contribution in [0.5, 0.6) is 0 Å². The van der Waals surface area contributed by atoms with E-state index in [0.717, 1.165) is 49.0 Å². The van der Waals surface area contributed by atoms with Crippen molar-refractivity contribution < 1.29 is 33.8 Å². The van der Waals surface area contributed by atoms with Gasteiger partial charge in [-0.15, -0.1) is 0 Å². The number of carbonyl (C=O) groups is 4. The fourth-order valence-corrected chi connectivity index (χ4v) is 8.30. The Morgan fingerprint density at radius 1 is 0.593 bits per heavy atom. The fourth-order valence-electron chi connectivity index (χ4n) is 7.82. The maximum absolute atomic E-state index is 12.8. The zero-order valence-electron chi connectivity index (χ0n) is 36.0. The first-order chi connectivity index (χ1) is 27.7. The number of hydrogen-bond acceptors (Lipinski definition) is 7. The molecular weight excluding hydrogens is 804 g/mol. The summed E-state index contributed by atoms with van der Waals surface area (Å²) in [5, 5.41) is 9.97. The highest BCUT2D eigenvalue weighted by molar-refractivity contribution is 9.10. The number of hydrogen-bond donors (Lipinski definition) is 1. The second kappa shape index (κ2) is 17.7. The SMILES string of the molecule is CCOC(=O)c1ccc(/C=C/c2cc3c(cc2Br)C(C)(C)CC(=O)C3(C)C)cc1.CCOC(=O)c1ccc(/C=C/c2cc3c(cc2CO)C(C)(C)CC(=O)C3(C)C)cc1. The van der Waals surface area contributed by atoms with Gasteiger partial charge in [0.25, 0.3) is 0 Å². The van der Waals surface area contributed by atoms with E-state index in [2.05, 4.69) is 55.8 Å². The van der Waals surface area contributed by atoms with Crippen LogP contribution in [0.2, 0.25) is 0 Å². The average molecular weight is 862 g/mol. The standard InChI is InChI=1S/C26H30O4.C25H27BrO3/c1-6-30-24(29)18-10-7-17(8-11-18)9-12-19-13-22-21(14-20(19)16-27)25(2,3)15-23(28)26(22,4)5;1-6-29-23(28)17-10-7-16(8-11-17)9-12-18-13-20-19(14-21(18)26)24(2,3)15-22(27)25(20,4)5/h7-14,27H,6,15-16H2,1-5H3;7-14H,6,15H2,1-5H3/b2*12-9+. The highest BCUT2D eigenvalue weighted by Gasteiger charge is 2.44. The summed E-state index contributed by atoms with van der Waals surface area (Å²) in [6.07, 6.45) is 8.99. The molecule has 0 saturated heterocycles. The van der Waals surface area contributed by atoms with Crippen molar-refractivity contribution in [2.45, 2.75) is 110 Å². The normalized spacial score (nSPS) is 17.2. The first-order valence-corrected chi connectivity index (χ1v) is 21.1. The van der Waals surface area contributed by atoms with E-state index in [1.165, 1.54) is 5.56 Å². The topological polar surface area (TPSA) is 107 Å². The summed E-state index contributed by atoms with van der Waals surface area (Å²) in [4.78, 5) is 49.1. The number of rotatable bonds is 9. The van der Waals surface area contributed by atoms with E-state index in [0.29, 0.717) is 37.2 Å². The van der Waals surface area contributed by atoms with Crippen LogP contribution in [-0.4, -0.2) is 41.8 Å². The molecule has 0 saturated carbocycles. The monoisotopic (exact) mass is 860 g/mol. The summed E-state index contributed by atoms with van der Waals surface area (Å²) in [5.74, 6) is -0.127. The van der Waals surface area contributed by atoms with Gasteiger partial charge in [-0.25, -0.2) is 9.59 Å². The minimum Gasteiger partial charge on any atom is -0.462 e. The van der Waals surface area contributed by atoms with Crippen molar-refractivity contribution in [2.24, 2.45) is 0 Å². The first kappa shape index (κ1) is 45.2. The number of Topliss-reactive ketones (excluding diaryl/α,β-unsaturated/α-hetero) is 2. The fraction of sp³-hybridized carbons (Fsp3) is 0.373. The van der Waals surface area contributed by atoms with Gasteiger partial charge in [0, 0.05) is 28.1 Å². The lowest BCUT2D eigenvalue weighted by molar-refractivity contribution is -0.126. The maximum Gasteiger partial charge on any atom is 0.338 e. The molecule has 6 rings (SSSR count). The van der Waals surface area contributed by atoms with Crippen molar-refractivity contribution >= 4 is 63.7 Å². The van der Waals surface area contributed by atoms with Crippen LogP contribution in [0, 0.1) is 0 Å². The Bertz CT molecular complexity index is 2310. The molecule has 59 heavy (non-hydrogen) atoms. The third kappa shape index (κ3) is 9.77. The van der Waals surface area contributed by atoms with Gasteiger partial charge in [-0.2, -0.15) is 0 Å². The predicted molar refractivity (Wildman–Crippen MR) is 241 cm³/mol. The Kier molecular flexibility index (Phi) is 13.6. The van der Waals surface area contributed by atoms with E-state index < -0.39 is 10.8 Å².